The first-order valence-corrected chi connectivity index (χ1v) is 6.42. The van der Waals surface area contributed by atoms with Crippen molar-refractivity contribution in [1.29, 1.82) is 0 Å². The Morgan fingerprint density at radius 2 is 1.88 bits per heavy atom. The molecular weight excluding hydrogens is 210 g/mol. The maximum Gasteiger partial charge on any atom is 0.124 e. The topological polar surface area (TPSA) is 35.2 Å². The third-order valence-corrected chi connectivity index (χ3v) is 4.12. The standard InChI is InChI=1S/C15H23NO/c1-9-5-13(6-12-7-14(16)8-12)10(2)11(3)15(9)17-4/h5,12,14H,6-8,16H2,1-4H3. The van der Waals surface area contributed by atoms with Crippen LogP contribution in [0.1, 0.15) is 35.1 Å². The molecule has 17 heavy (non-hydrogen) atoms. The van der Waals surface area contributed by atoms with Crippen LogP contribution >= 0.6 is 0 Å². The van der Waals surface area contributed by atoms with Gasteiger partial charge in [0.05, 0.1) is 7.11 Å². The maximum absolute atomic E-state index is 5.85. The molecule has 0 radical (unpaired) electrons. The molecule has 0 spiro atoms. The van der Waals surface area contributed by atoms with Crippen LogP contribution in [0.25, 0.3) is 0 Å². The molecule has 0 aromatic heterocycles. The molecule has 94 valence electrons. The van der Waals surface area contributed by atoms with Crippen LogP contribution in [0.4, 0.5) is 0 Å². The minimum absolute atomic E-state index is 0.445. The minimum Gasteiger partial charge on any atom is -0.496 e. The molecule has 0 heterocycles. The van der Waals surface area contributed by atoms with Crippen LogP contribution in [0.5, 0.6) is 5.75 Å². The van der Waals surface area contributed by atoms with Crippen LogP contribution < -0.4 is 10.5 Å². The van der Waals surface area contributed by atoms with Gasteiger partial charge in [-0.1, -0.05) is 6.07 Å². The summed E-state index contributed by atoms with van der Waals surface area (Å²) in [5.41, 5.74) is 11.2. The Balaban J connectivity index is 2.23. The van der Waals surface area contributed by atoms with Crippen molar-refractivity contribution in [2.45, 2.75) is 46.1 Å². The molecule has 1 aromatic rings. The van der Waals surface area contributed by atoms with Gasteiger partial charge >= 0.3 is 0 Å². The number of rotatable bonds is 3. The van der Waals surface area contributed by atoms with Gasteiger partial charge in [-0.05, 0) is 68.2 Å². The number of nitrogens with two attached hydrogens (primary N) is 1. The molecule has 0 bridgehead atoms. The SMILES string of the molecule is COc1c(C)cc(CC2CC(N)C2)c(C)c1C. The third-order valence-electron chi connectivity index (χ3n) is 4.12. The van der Waals surface area contributed by atoms with Crippen molar-refractivity contribution >= 4 is 0 Å². The second-order valence-electron chi connectivity index (χ2n) is 5.44. The molecule has 0 atom stereocenters. The van der Waals surface area contributed by atoms with E-state index in [0.29, 0.717) is 6.04 Å². The first kappa shape index (κ1) is 12.4. The Morgan fingerprint density at radius 1 is 1.24 bits per heavy atom. The zero-order valence-corrected chi connectivity index (χ0v) is 11.3. The lowest BCUT2D eigenvalue weighted by Crippen LogP contribution is -2.37. The van der Waals surface area contributed by atoms with Crippen molar-refractivity contribution in [2.24, 2.45) is 11.7 Å². The summed E-state index contributed by atoms with van der Waals surface area (Å²) in [5.74, 6) is 1.83. The molecule has 2 rings (SSSR count). The summed E-state index contributed by atoms with van der Waals surface area (Å²) in [6.07, 6.45) is 3.54. The number of methoxy groups -OCH3 is 1. The van der Waals surface area contributed by atoms with Gasteiger partial charge in [-0.25, -0.2) is 0 Å². The predicted octanol–water partition coefficient (Wildman–Crippen LogP) is 2.90. The monoisotopic (exact) mass is 233 g/mol. The first-order chi connectivity index (χ1) is 8.02. The van der Waals surface area contributed by atoms with Crippen LogP contribution in [0.15, 0.2) is 6.07 Å². The van der Waals surface area contributed by atoms with E-state index in [-0.39, 0.29) is 0 Å². The normalized spacial score (nSPS) is 23.4. The van der Waals surface area contributed by atoms with E-state index in [1.807, 2.05) is 0 Å². The van der Waals surface area contributed by atoms with Crippen molar-refractivity contribution in [1.82, 2.24) is 0 Å². The molecule has 1 saturated carbocycles. The van der Waals surface area contributed by atoms with Gasteiger partial charge in [0, 0.05) is 6.04 Å². The number of aryl methyl sites for hydroxylation is 1. The summed E-state index contributed by atoms with van der Waals surface area (Å²) in [7, 11) is 1.75. The third kappa shape index (κ3) is 2.32. The lowest BCUT2D eigenvalue weighted by molar-refractivity contribution is 0.264. The molecule has 0 unspecified atom stereocenters. The van der Waals surface area contributed by atoms with Gasteiger partial charge in [0.15, 0.2) is 0 Å². The molecule has 1 aromatic carbocycles. The van der Waals surface area contributed by atoms with E-state index >= 15 is 0 Å². The average Bonchev–Trinajstić information content (AvgIpc) is 2.24. The highest BCUT2D eigenvalue weighted by Gasteiger charge is 2.26. The number of hydrogen-bond donors (Lipinski definition) is 1. The Labute approximate surface area is 104 Å². The Hall–Kier alpha value is -1.02. The van der Waals surface area contributed by atoms with Crippen molar-refractivity contribution in [2.75, 3.05) is 7.11 Å². The minimum atomic E-state index is 0.445. The summed E-state index contributed by atoms with van der Waals surface area (Å²) >= 11 is 0. The summed E-state index contributed by atoms with van der Waals surface area (Å²) in [6, 6.07) is 2.73. The number of ether oxygens (including phenoxy) is 1. The summed E-state index contributed by atoms with van der Waals surface area (Å²) < 4.78 is 5.45. The van der Waals surface area contributed by atoms with Crippen LogP contribution in [0, 0.1) is 26.7 Å². The van der Waals surface area contributed by atoms with Gasteiger partial charge in [-0.15, -0.1) is 0 Å². The number of hydrogen-bond acceptors (Lipinski definition) is 2. The van der Waals surface area contributed by atoms with Crippen molar-refractivity contribution in [3.63, 3.8) is 0 Å². The van der Waals surface area contributed by atoms with E-state index < -0.39 is 0 Å². The fraction of sp³-hybridized carbons (Fsp3) is 0.600. The van der Waals surface area contributed by atoms with E-state index in [0.717, 1.165) is 11.7 Å². The lowest BCUT2D eigenvalue weighted by atomic mass is 9.76. The maximum atomic E-state index is 5.85. The molecule has 2 heteroatoms. The lowest BCUT2D eigenvalue weighted by Gasteiger charge is -2.33. The Morgan fingerprint density at radius 3 is 2.41 bits per heavy atom. The fourth-order valence-electron chi connectivity index (χ4n) is 2.93. The molecule has 2 nitrogen and oxygen atoms in total. The van der Waals surface area contributed by atoms with Gasteiger partial charge in [-0.2, -0.15) is 0 Å². The zero-order chi connectivity index (χ0) is 12.6. The van der Waals surface area contributed by atoms with E-state index in [2.05, 4.69) is 26.8 Å². The van der Waals surface area contributed by atoms with Crippen molar-refractivity contribution < 1.29 is 4.74 Å². The first-order valence-electron chi connectivity index (χ1n) is 6.42. The highest BCUT2D eigenvalue weighted by atomic mass is 16.5. The van der Waals surface area contributed by atoms with E-state index in [4.69, 9.17) is 10.5 Å². The molecule has 0 aliphatic heterocycles. The summed E-state index contributed by atoms with van der Waals surface area (Å²) in [5, 5.41) is 0. The molecular formula is C15H23NO. The van der Waals surface area contributed by atoms with E-state index in [9.17, 15) is 0 Å². The van der Waals surface area contributed by atoms with Gasteiger partial charge in [0.1, 0.15) is 5.75 Å². The molecule has 0 amide bonds. The highest BCUT2D eigenvalue weighted by Crippen LogP contribution is 2.34. The molecule has 1 fully saturated rings. The second-order valence-corrected chi connectivity index (χ2v) is 5.44. The van der Waals surface area contributed by atoms with Gasteiger partial charge in [0.2, 0.25) is 0 Å². The van der Waals surface area contributed by atoms with Crippen LogP contribution in [0.3, 0.4) is 0 Å². The number of benzene rings is 1. The molecule has 0 saturated heterocycles. The fourth-order valence-corrected chi connectivity index (χ4v) is 2.93. The van der Waals surface area contributed by atoms with Gasteiger partial charge < -0.3 is 10.5 Å². The Bertz CT molecular complexity index is 419. The highest BCUT2D eigenvalue weighted by molar-refractivity contribution is 5.49. The largest absolute Gasteiger partial charge is 0.496 e. The zero-order valence-electron chi connectivity index (χ0n) is 11.3. The van der Waals surface area contributed by atoms with Crippen LogP contribution in [-0.4, -0.2) is 13.2 Å². The summed E-state index contributed by atoms with van der Waals surface area (Å²) in [6.45, 7) is 6.48. The summed E-state index contributed by atoms with van der Waals surface area (Å²) in [4.78, 5) is 0. The average molecular weight is 233 g/mol. The quantitative estimate of drug-likeness (QED) is 0.871. The van der Waals surface area contributed by atoms with Crippen molar-refractivity contribution in [3.05, 3.63) is 28.3 Å². The molecule has 1 aliphatic carbocycles. The Kier molecular flexibility index (Phi) is 3.43. The van der Waals surface area contributed by atoms with Gasteiger partial charge in [0.25, 0.3) is 0 Å². The van der Waals surface area contributed by atoms with Crippen LogP contribution in [-0.2, 0) is 6.42 Å². The van der Waals surface area contributed by atoms with E-state index in [1.165, 1.54) is 41.5 Å². The smallest absolute Gasteiger partial charge is 0.124 e. The van der Waals surface area contributed by atoms with Gasteiger partial charge in [-0.3, -0.25) is 0 Å². The molecule has 1 aliphatic rings. The van der Waals surface area contributed by atoms with Crippen molar-refractivity contribution in [3.8, 4) is 5.75 Å². The predicted molar refractivity (Wildman–Crippen MR) is 71.6 cm³/mol. The molecule has 2 N–H and O–H groups in total. The second kappa shape index (κ2) is 4.69. The van der Waals surface area contributed by atoms with E-state index in [1.54, 1.807) is 7.11 Å². The van der Waals surface area contributed by atoms with Crippen LogP contribution in [0.2, 0.25) is 0 Å².